The highest BCUT2D eigenvalue weighted by Gasteiger charge is 2.33. The zero-order chi connectivity index (χ0) is 13.0. The van der Waals surface area contributed by atoms with Gasteiger partial charge in [-0.05, 0) is 6.92 Å². The molecule has 0 aromatic carbocycles. The number of aromatic nitrogens is 2. The van der Waals surface area contributed by atoms with E-state index in [-0.39, 0.29) is 18.5 Å². The van der Waals surface area contributed by atoms with Crippen molar-refractivity contribution in [3.05, 3.63) is 18.7 Å². The molecule has 1 fully saturated rings. The van der Waals surface area contributed by atoms with E-state index >= 15 is 0 Å². The van der Waals surface area contributed by atoms with Crippen molar-refractivity contribution < 1.29 is 14.3 Å². The van der Waals surface area contributed by atoms with Gasteiger partial charge in [0.15, 0.2) is 0 Å². The van der Waals surface area contributed by atoms with E-state index < -0.39 is 6.04 Å². The lowest BCUT2D eigenvalue weighted by Gasteiger charge is -2.34. The number of carbonyl (C=O) groups is 2. The number of nitrogens with one attached hydrogen (secondary N) is 1. The smallest absolute Gasteiger partial charge is 0.330 e. The molecule has 2 rings (SSSR count). The molecule has 7 heteroatoms. The van der Waals surface area contributed by atoms with Crippen LogP contribution in [-0.2, 0) is 9.53 Å². The van der Waals surface area contributed by atoms with Crippen molar-refractivity contribution in [1.29, 1.82) is 0 Å². The third-order valence-corrected chi connectivity index (χ3v) is 2.75. The zero-order valence-corrected chi connectivity index (χ0v) is 10.2. The SMILES string of the molecule is CCNC(=O)C1COCCN1C(=O)n1ccnc1. The summed E-state index contributed by atoms with van der Waals surface area (Å²) in [4.78, 5) is 29.4. The van der Waals surface area contributed by atoms with Crippen molar-refractivity contribution in [3.63, 3.8) is 0 Å². The summed E-state index contributed by atoms with van der Waals surface area (Å²) >= 11 is 0. The van der Waals surface area contributed by atoms with Gasteiger partial charge >= 0.3 is 6.03 Å². The molecule has 1 aromatic rings. The molecule has 1 N–H and O–H groups in total. The quantitative estimate of drug-likeness (QED) is 0.783. The number of amides is 2. The van der Waals surface area contributed by atoms with Gasteiger partial charge in [0.2, 0.25) is 5.91 Å². The van der Waals surface area contributed by atoms with Gasteiger partial charge in [-0.15, -0.1) is 0 Å². The second-order valence-electron chi connectivity index (χ2n) is 3.93. The van der Waals surface area contributed by atoms with Gasteiger partial charge < -0.3 is 15.0 Å². The van der Waals surface area contributed by atoms with Crippen LogP contribution in [0.5, 0.6) is 0 Å². The highest BCUT2D eigenvalue weighted by molar-refractivity contribution is 5.88. The highest BCUT2D eigenvalue weighted by atomic mass is 16.5. The fourth-order valence-corrected chi connectivity index (χ4v) is 1.86. The second-order valence-corrected chi connectivity index (χ2v) is 3.93. The molecule has 1 aliphatic heterocycles. The first-order chi connectivity index (χ1) is 8.74. The number of likely N-dealkylation sites (N-methyl/N-ethyl adjacent to an activating group) is 1. The molecule has 7 nitrogen and oxygen atoms in total. The van der Waals surface area contributed by atoms with E-state index in [1.807, 2.05) is 6.92 Å². The van der Waals surface area contributed by atoms with Crippen LogP contribution in [-0.4, -0.2) is 58.7 Å². The number of nitrogens with zero attached hydrogens (tertiary/aromatic N) is 3. The van der Waals surface area contributed by atoms with E-state index in [4.69, 9.17) is 4.74 Å². The van der Waals surface area contributed by atoms with Crippen LogP contribution >= 0.6 is 0 Å². The Morgan fingerprint density at radius 1 is 1.56 bits per heavy atom. The molecule has 2 amide bonds. The largest absolute Gasteiger partial charge is 0.377 e. The first kappa shape index (κ1) is 12.6. The number of hydrogen-bond donors (Lipinski definition) is 1. The summed E-state index contributed by atoms with van der Waals surface area (Å²) in [6.45, 7) is 3.44. The Kier molecular flexibility index (Phi) is 3.93. The average molecular weight is 252 g/mol. The third-order valence-electron chi connectivity index (χ3n) is 2.75. The molecule has 1 aliphatic rings. The van der Waals surface area contributed by atoms with E-state index in [1.165, 1.54) is 22.0 Å². The van der Waals surface area contributed by atoms with Crippen LogP contribution in [0, 0.1) is 0 Å². The Hall–Kier alpha value is -1.89. The van der Waals surface area contributed by atoms with Crippen molar-refractivity contribution in [2.75, 3.05) is 26.3 Å². The predicted octanol–water partition coefficient (Wildman–Crippen LogP) is -0.312. The minimum atomic E-state index is -0.575. The summed E-state index contributed by atoms with van der Waals surface area (Å²) in [5.41, 5.74) is 0. The molecule has 0 spiro atoms. The van der Waals surface area contributed by atoms with Gasteiger partial charge in [0.1, 0.15) is 12.4 Å². The third kappa shape index (κ3) is 2.51. The first-order valence-corrected chi connectivity index (χ1v) is 5.88. The Balaban J connectivity index is 2.12. The van der Waals surface area contributed by atoms with Crippen molar-refractivity contribution in [1.82, 2.24) is 19.8 Å². The Labute approximate surface area is 105 Å². The molecule has 0 saturated carbocycles. The molecule has 1 unspecified atom stereocenters. The van der Waals surface area contributed by atoms with Crippen LogP contribution in [0.15, 0.2) is 18.7 Å². The van der Waals surface area contributed by atoms with E-state index in [1.54, 1.807) is 6.20 Å². The van der Waals surface area contributed by atoms with Crippen LogP contribution < -0.4 is 5.32 Å². The first-order valence-electron chi connectivity index (χ1n) is 5.88. The van der Waals surface area contributed by atoms with E-state index in [2.05, 4.69) is 10.3 Å². The van der Waals surface area contributed by atoms with Crippen molar-refractivity contribution >= 4 is 11.9 Å². The molecule has 18 heavy (non-hydrogen) atoms. The number of ether oxygens (including phenoxy) is 1. The fourth-order valence-electron chi connectivity index (χ4n) is 1.86. The van der Waals surface area contributed by atoms with Crippen LogP contribution in [0.3, 0.4) is 0 Å². The molecule has 0 bridgehead atoms. The maximum atomic E-state index is 12.2. The number of rotatable bonds is 2. The molecular weight excluding hydrogens is 236 g/mol. The van der Waals surface area contributed by atoms with Crippen molar-refractivity contribution in [3.8, 4) is 0 Å². The van der Waals surface area contributed by atoms with Crippen molar-refractivity contribution in [2.24, 2.45) is 0 Å². The van der Waals surface area contributed by atoms with Gasteiger partial charge in [-0.3, -0.25) is 9.36 Å². The summed E-state index contributed by atoms with van der Waals surface area (Å²) in [5, 5.41) is 2.71. The molecule has 0 aliphatic carbocycles. The molecule has 98 valence electrons. The molecule has 1 atom stereocenters. The standard InChI is InChI=1S/C11H16N4O3/c1-2-13-10(16)9-7-18-6-5-15(9)11(17)14-4-3-12-8-14/h3-4,8-9H,2,5-7H2,1H3,(H,13,16). The second kappa shape index (κ2) is 5.63. The van der Waals surface area contributed by atoms with Gasteiger partial charge in [0.05, 0.1) is 13.2 Å². The van der Waals surface area contributed by atoms with Gasteiger partial charge in [-0.25, -0.2) is 9.78 Å². The fraction of sp³-hybridized carbons (Fsp3) is 0.545. The van der Waals surface area contributed by atoms with Gasteiger partial charge in [0.25, 0.3) is 0 Å². The van der Waals surface area contributed by atoms with E-state index in [0.717, 1.165) is 0 Å². The zero-order valence-electron chi connectivity index (χ0n) is 10.2. The molecule has 1 aromatic heterocycles. The van der Waals surface area contributed by atoms with Crippen molar-refractivity contribution in [2.45, 2.75) is 13.0 Å². The minimum absolute atomic E-state index is 0.189. The Morgan fingerprint density at radius 3 is 3.06 bits per heavy atom. The monoisotopic (exact) mass is 252 g/mol. The van der Waals surface area contributed by atoms with Crippen LogP contribution in [0.2, 0.25) is 0 Å². The normalized spacial score (nSPS) is 19.6. The van der Waals surface area contributed by atoms with Crippen LogP contribution in [0.1, 0.15) is 6.92 Å². The lowest BCUT2D eigenvalue weighted by Crippen LogP contribution is -2.56. The molecule has 2 heterocycles. The summed E-state index contributed by atoms with van der Waals surface area (Å²) in [7, 11) is 0. The minimum Gasteiger partial charge on any atom is -0.377 e. The topological polar surface area (TPSA) is 76.5 Å². The highest BCUT2D eigenvalue weighted by Crippen LogP contribution is 2.09. The lowest BCUT2D eigenvalue weighted by atomic mass is 10.2. The average Bonchev–Trinajstić information content (AvgIpc) is 2.92. The van der Waals surface area contributed by atoms with Crippen LogP contribution in [0.4, 0.5) is 4.79 Å². The van der Waals surface area contributed by atoms with Gasteiger partial charge in [0, 0.05) is 25.5 Å². The Bertz CT molecular complexity index is 418. The summed E-state index contributed by atoms with van der Waals surface area (Å²) in [6.07, 6.45) is 4.51. The Morgan fingerprint density at radius 2 is 2.39 bits per heavy atom. The summed E-state index contributed by atoms with van der Waals surface area (Å²) in [6, 6.07) is -0.833. The number of morpholine rings is 1. The number of carbonyl (C=O) groups excluding carboxylic acids is 2. The maximum Gasteiger partial charge on any atom is 0.330 e. The van der Waals surface area contributed by atoms with E-state index in [0.29, 0.717) is 19.7 Å². The number of hydrogen-bond acceptors (Lipinski definition) is 4. The predicted molar refractivity (Wildman–Crippen MR) is 63.0 cm³/mol. The number of imidazole rings is 1. The van der Waals surface area contributed by atoms with Crippen LogP contribution in [0.25, 0.3) is 0 Å². The van der Waals surface area contributed by atoms with E-state index in [9.17, 15) is 9.59 Å². The summed E-state index contributed by atoms with van der Waals surface area (Å²) in [5.74, 6) is -0.189. The molecular formula is C11H16N4O3. The lowest BCUT2D eigenvalue weighted by molar-refractivity contribution is -0.130. The van der Waals surface area contributed by atoms with Gasteiger partial charge in [-0.2, -0.15) is 0 Å². The van der Waals surface area contributed by atoms with Gasteiger partial charge in [-0.1, -0.05) is 0 Å². The summed E-state index contributed by atoms with van der Waals surface area (Å²) < 4.78 is 6.63. The molecule has 0 radical (unpaired) electrons. The molecule has 1 saturated heterocycles. The maximum absolute atomic E-state index is 12.2.